The molecule has 0 spiro atoms. The first-order valence-corrected chi connectivity index (χ1v) is 7.25. The summed E-state index contributed by atoms with van der Waals surface area (Å²) in [6, 6.07) is 0.389. The molecular weight excluding hydrogens is 274 g/mol. The molecular formula is C14H21N3O4. The molecule has 1 unspecified atom stereocenters. The number of carbonyl (C=O) groups is 2. The van der Waals surface area contributed by atoms with Gasteiger partial charge in [0, 0.05) is 6.07 Å². The molecule has 3 N–H and O–H groups in total. The summed E-state index contributed by atoms with van der Waals surface area (Å²) in [5.74, 6) is -0.436. The maximum Gasteiger partial charge on any atom is 0.326 e. The van der Waals surface area contributed by atoms with E-state index >= 15 is 0 Å². The number of aryl methyl sites for hydroxylation is 1. The molecule has 1 aliphatic rings. The summed E-state index contributed by atoms with van der Waals surface area (Å²) in [6.07, 6.45) is 4.88. The number of hydrogen-bond acceptors (Lipinski definition) is 4. The lowest BCUT2D eigenvalue weighted by molar-refractivity contribution is -0.141. The molecule has 0 saturated heterocycles. The summed E-state index contributed by atoms with van der Waals surface area (Å²) in [5, 5.41) is 18.1. The predicted molar refractivity (Wildman–Crippen MR) is 74.6 cm³/mol. The van der Waals surface area contributed by atoms with Gasteiger partial charge in [0.15, 0.2) is 5.76 Å². The topological polar surface area (TPSA) is 104 Å². The van der Waals surface area contributed by atoms with Gasteiger partial charge in [-0.15, -0.1) is 0 Å². The molecule has 1 aromatic rings. The Labute approximate surface area is 123 Å². The highest BCUT2D eigenvalue weighted by Gasteiger charge is 2.30. The molecule has 1 aliphatic carbocycles. The number of rotatable bonds is 5. The quantitative estimate of drug-likeness (QED) is 0.768. The molecule has 0 radical (unpaired) electrons. The molecule has 0 aromatic carbocycles. The van der Waals surface area contributed by atoms with Crippen LogP contribution in [0.2, 0.25) is 0 Å². The van der Waals surface area contributed by atoms with Crippen LogP contribution in [0.4, 0.5) is 4.79 Å². The van der Waals surface area contributed by atoms with Crippen LogP contribution in [0.1, 0.15) is 43.6 Å². The molecule has 21 heavy (non-hydrogen) atoms. The van der Waals surface area contributed by atoms with Crippen molar-refractivity contribution in [3.05, 3.63) is 17.5 Å². The second kappa shape index (κ2) is 7.10. The number of amides is 2. The average Bonchev–Trinajstić information content (AvgIpc) is 2.89. The first kappa shape index (κ1) is 15.3. The van der Waals surface area contributed by atoms with Crippen molar-refractivity contribution < 1.29 is 19.2 Å². The number of urea groups is 1. The number of nitrogens with one attached hydrogen (secondary N) is 2. The first-order valence-electron chi connectivity index (χ1n) is 7.25. The SMILES string of the molecule is Cc1cc(CNC(=O)NC(C(=O)O)C2CCCCC2)on1. The maximum atomic E-state index is 11.8. The van der Waals surface area contributed by atoms with Crippen molar-refractivity contribution in [2.24, 2.45) is 5.92 Å². The molecule has 0 aliphatic heterocycles. The van der Waals surface area contributed by atoms with Gasteiger partial charge in [-0.1, -0.05) is 24.4 Å². The monoisotopic (exact) mass is 295 g/mol. The summed E-state index contributed by atoms with van der Waals surface area (Å²) in [4.78, 5) is 23.2. The third kappa shape index (κ3) is 4.47. The number of aromatic nitrogens is 1. The molecule has 1 atom stereocenters. The smallest absolute Gasteiger partial charge is 0.326 e. The van der Waals surface area contributed by atoms with Crippen LogP contribution in [0.5, 0.6) is 0 Å². The Kier molecular flexibility index (Phi) is 5.19. The van der Waals surface area contributed by atoms with E-state index in [1.165, 1.54) is 0 Å². The Balaban J connectivity index is 1.84. The minimum atomic E-state index is -0.979. The lowest BCUT2D eigenvalue weighted by Gasteiger charge is -2.27. The van der Waals surface area contributed by atoms with Gasteiger partial charge in [-0.2, -0.15) is 0 Å². The molecule has 1 heterocycles. The second-order valence-corrected chi connectivity index (χ2v) is 5.48. The van der Waals surface area contributed by atoms with Gasteiger partial charge in [-0.3, -0.25) is 0 Å². The van der Waals surface area contributed by atoms with E-state index in [1.54, 1.807) is 13.0 Å². The zero-order chi connectivity index (χ0) is 15.2. The average molecular weight is 295 g/mol. The molecule has 2 amide bonds. The third-order valence-corrected chi connectivity index (χ3v) is 3.77. The Bertz CT molecular complexity index is 494. The maximum absolute atomic E-state index is 11.8. The first-order chi connectivity index (χ1) is 10.1. The summed E-state index contributed by atoms with van der Waals surface area (Å²) < 4.78 is 4.97. The summed E-state index contributed by atoms with van der Waals surface area (Å²) in [5.41, 5.74) is 0.734. The van der Waals surface area contributed by atoms with E-state index in [0.717, 1.165) is 37.8 Å². The molecule has 116 valence electrons. The van der Waals surface area contributed by atoms with Gasteiger partial charge >= 0.3 is 12.0 Å². The van der Waals surface area contributed by atoms with Gasteiger partial charge in [0.2, 0.25) is 0 Å². The van der Waals surface area contributed by atoms with E-state index < -0.39 is 18.0 Å². The highest BCUT2D eigenvalue weighted by atomic mass is 16.5. The third-order valence-electron chi connectivity index (χ3n) is 3.77. The van der Waals surface area contributed by atoms with Gasteiger partial charge in [0.1, 0.15) is 6.04 Å². The van der Waals surface area contributed by atoms with Crippen molar-refractivity contribution in [2.45, 2.75) is 51.6 Å². The Morgan fingerprint density at radius 2 is 2.14 bits per heavy atom. The second-order valence-electron chi connectivity index (χ2n) is 5.48. The van der Waals surface area contributed by atoms with E-state index in [4.69, 9.17) is 4.52 Å². The predicted octanol–water partition coefficient (Wildman–Crippen LogP) is 1.82. The van der Waals surface area contributed by atoms with Gasteiger partial charge < -0.3 is 20.3 Å². The number of carboxylic acid groups (broad SMARTS) is 1. The van der Waals surface area contributed by atoms with Crippen LogP contribution in [0.25, 0.3) is 0 Å². The highest BCUT2D eigenvalue weighted by Crippen LogP contribution is 2.26. The van der Waals surface area contributed by atoms with Crippen LogP contribution >= 0.6 is 0 Å². The number of carbonyl (C=O) groups excluding carboxylic acids is 1. The minimum absolute atomic E-state index is 0.00882. The van der Waals surface area contributed by atoms with Crippen molar-refractivity contribution in [3.63, 3.8) is 0 Å². The van der Waals surface area contributed by atoms with Crippen LogP contribution in [0.15, 0.2) is 10.6 Å². The molecule has 1 aromatic heterocycles. The fourth-order valence-electron chi connectivity index (χ4n) is 2.71. The Morgan fingerprint density at radius 1 is 1.43 bits per heavy atom. The van der Waals surface area contributed by atoms with E-state index in [1.807, 2.05) is 0 Å². The summed E-state index contributed by atoms with van der Waals surface area (Å²) in [6.45, 7) is 1.97. The van der Waals surface area contributed by atoms with Crippen LogP contribution in [0.3, 0.4) is 0 Å². The van der Waals surface area contributed by atoms with Gasteiger partial charge in [0.05, 0.1) is 12.2 Å². The molecule has 7 nitrogen and oxygen atoms in total. The Hall–Kier alpha value is -2.05. The largest absolute Gasteiger partial charge is 0.480 e. The lowest BCUT2D eigenvalue weighted by Crippen LogP contribution is -2.50. The van der Waals surface area contributed by atoms with Crippen LogP contribution in [0, 0.1) is 12.8 Å². The molecule has 1 saturated carbocycles. The van der Waals surface area contributed by atoms with Gasteiger partial charge in [0.25, 0.3) is 0 Å². The van der Waals surface area contributed by atoms with Crippen molar-refractivity contribution >= 4 is 12.0 Å². The molecule has 7 heteroatoms. The van der Waals surface area contributed by atoms with Crippen molar-refractivity contribution in [2.75, 3.05) is 0 Å². The van der Waals surface area contributed by atoms with Crippen molar-refractivity contribution in [1.82, 2.24) is 15.8 Å². The van der Waals surface area contributed by atoms with E-state index in [2.05, 4.69) is 15.8 Å². The summed E-state index contributed by atoms with van der Waals surface area (Å²) >= 11 is 0. The van der Waals surface area contributed by atoms with E-state index in [-0.39, 0.29) is 12.5 Å². The number of nitrogens with zero attached hydrogens (tertiary/aromatic N) is 1. The lowest BCUT2D eigenvalue weighted by atomic mass is 9.84. The van der Waals surface area contributed by atoms with E-state index in [0.29, 0.717) is 5.76 Å². The standard InChI is InChI=1S/C14H21N3O4/c1-9-7-11(21-17-9)8-15-14(20)16-12(13(18)19)10-5-3-2-4-6-10/h7,10,12H,2-6,8H2,1H3,(H,18,19)(H2,15,16,20). The number of aliphatic carboxylic acids is 1. The zero-order valence-corrected chi connectivity index (χ0v) is 12.1. The Morgan fingerprint density at radius 3 is 2.71 bits per heavy atom. The normalized spacial score (nSPS) is 17.2. The van der Waals surface area contributed by atoms with Crippen molar-refractivity contribution in [1.29, 1.82) is 0 Å². The molecule has 2 rings (SSSR count). The fourth-order valence-corrected chi connectivity index (χ4v) is 2.71. The minimum Gasteiger partial charge on any atom is -0.480 e. The van der Waals surface area contributed by atoms with Crippen LogP contribution < -0.4 is 10.6 Å². The van der Waals surface area contributed by atoms with Gasteiger partial charge in [-0.05, 0) is 25.7 Å². The summed E-state index contributed by atoms with van der Waals surface area (Å²) in [7, 11) is 0. The molecule has 1 fully saturated rings. The van der Waals surface area contributed by atoms with Gasteiger partial charge in [-0.25, -0.2) is 9.59 Å². The number of hydrogen-bond donors (Lipinski definition) is 3. The van der Waals surface area contributed by atoms with E-state index in [9.17, 15) is 14.7 Å². The van der Waals surface area contributed by atoms with Crippen molar-refractivity contribution in [3.8, 4) is 0 Å². The fraction of sp³-hybridized carbons (Fsp3) is 0.643. The zero-order valence-electron chi connectivity index (χ0n) is 12.1. The van der Waals surface area contributed by atoms with Crippen LogP contribution in [-0.4, -0.2) is 28.3 Å². The molecule has 0 bridgehead atoms. The number of carboxylic acids is 1. The highest BCUT2D eigenvalue weighted by molar-refractivity contribution is 5.82. The van der Waals surface area contributed by atoms with Crippen LogP contribution in [-0.2, 0) is 11.3 Å².